The van der Waals surface area contributed by atoms with Crippen molar-refractivity contribution in [3.8, 4) is 0 Å². The Morgan fingerprint density at radius 3 is 1.40 bits per heavy atom. The minimum Gasteiger partial charge on any atom is -0.337 e. The molecule has 64 valence electrons. The highest BCUT2D eigenvalue weighted by Gasteiger charge is 2.11. The number of aliphatic hydroxyl groups is 1. The molecule has 0 fully saturated rings. The molecule has 10 heavy (non-hydrogen) atoms. The van der Waals surface area contributed by atoms with Crippen LogP contribution in [-0.4, -0.2) is 30.4 Å². The smallest absolute Gasteiger partial charge is 0.337 e. The number of alkyl halides is 2. The van der Waals surface area contributed by atoms with E-state index in [1.54, 1.807) is 0 Å². The first-order valence-electron chi connectivity index (χ1n) is 2.03. The second-order valence-electron chi connectivity index (χ2n) is 1.58. The summed E-state index contributed by atoms with van der Waals surface area (Å²) in [6, 6.07) is 0. The molecule has 0 rings (SSSR count). The Labute approximate surface area is 57.2 Å². The molecule has 0 heterocycles. The zero-order valence-electron chi connectivity index (χ0n) is 5.38. The van der Waals surface area contributed by atoms with Crippen LogP contribution in [0.15, 0.2) is 0 Å². The van der Waals surface area contributed by atoms with Crippen LogP contribution in [0, 0.1) is 0 Å². The summed E-state index contributed by atoms with van der Waals surface area (Å²) in [5.74, 6) is 0. The average molecular weight is 178 g/mol. The maximum atomic E-state index is 10.6. The average Bonchev–Trinajstić information content (AvgIpc) is 1.12. The SMILES string of the molecule is CC(O)(F)F.CS(=O)(=O)O. The fourth-order valence-corrected chi connectivity index (χ4v) is 0. The summed E-state index contributed by atoms with van der Waals surface area (Å²) in [5.41, 5.74) is 0. The second-order valence-corrected chi connectivity index (χ2v) is 3.04. The summed E-state index contributed by atoms with van der Waals surface area (Å²) in [5, 5.41) is 7.19. The largest absolute Gasteiger partial charge is 0.350 e. The van der Waals surface area contributed by atoms with E-state index in [1.165, 1.54) is 0 Å². The molecule has 4 nitrogen and oxygen atoms in total. The van der Waals surface area contributed by atoms with Gasteiger partial charge in [0, 0.05) is 6.92 Å². The van der Waals surface area contributed by atoms with Crippen LogP contribution < -0.4 is 0 Å². The molecule has 0 aromatic heterocycles. The lowest BCUT2D eigenvalue weighted by Crippen LogP contribution is -2.04. The minimum absolute atomic E-state index is 0.410. The molecule has 0 aliphatic carbocycles. The Bertz CT molecular complexity index is 153. The number of hydrogen-bond acceptors (Lipinski definition) is 3. The van der Waals surface area contributed by atoms with Gasteiger partial charge in [-0.05, 0) is 0 Å². The first-order chi connectivity index (χ1) is 4.00. The van der Waals surface area contributed by atoms with Crippen LogP contribution in [0.2, 0.25) is 0 Å². The molecule has 0 bridgehead atoms. The van der Waals surface area contributed by atoms with Gasteiger partial charge in [0.15, 0.2) is 0 Å². The van der Waals surface area contributed by atoms with Crippen LogP contribution >= 0.6 is 0 Å². The van der Waals surface area contributed by atoms with Crippen molar-refractivity contribution in [3.63, 3.8) is 0 Å². The molecular weight excluding hydrogens is 170 g/mol. The summed E-state index contributed by atoms with van der Waals surface area (Å²) in [7, 11) is -3.67. The highest BCUT2D eigenvalue weighted by Crippen LogP contribution is 2.02. The van der Waals surface area contributed by atoms with Gasteiger partial charge in [-0.2, -0.15) is 17.2 Å². The number of rotatable bonds is 0. The van der Waals surface area contributed by atoms with E-state index in [9.17, 15) is 17.2 Å². The third kappa shape index (κ3) is 4800. The molecule has 0 amide bonds. The minimum atomic E-state index is -3.67. The zero-order chi connectivity index (χ0) is 9.00. The molecule has 2 N–H and O–H groups in total. The van der Waals surface area contributed by atoms with Crippen molar-refractivity contribution >= 4 is 10.1 Å². The molecule has 0 spiro atoms. The lowest BCUT2D eigenvalue weighted by atomic mass is 10.8. The fourth-order valence-electron chi connectivity index (χ4n) is 0. The van der Waals surface area contributed by atoms with Crippen molar-refractivity contribution in [2.45, 2.75) is 13.0 Å². The third-order valence-electron chi connectivity index (χ3n) is 0. The summed E-state index contributed by atoms with van der Waals surface area (Å²) in [4.78, 5) is 0. The highest BCUT2D eigenvalue weighted by molar-refractivity contribution is 7.85. The first kappa shape index (κ1) is 12.4. The van der Waals surface area contributed by atoms with E-state index in [0.717, 1.165) is 0 Å². The Hall–Kier alpha value is -0.270. The number of halogens is 2. The predicted molar refractivity (Wildman–Crippen MR) is 30.3 cm³/mol. The first-order valence-corrected chi connectivity index (χ1v) is 3.87. The lowest BCUT2D eigenvalue weighted by molar-refractivity contribution is -0.181. The van der Waals surface area contributed by atoms with Gasteiger partial charge in [0.05, 0.1) is 6.26 Å². The van der Waals surface area contributed by atoms with E-state index in [-0.39, 0.29) is 0 Å². The van der Waals surface area contributed by atoms with Gasteiger partial charge in [0.1, 0.15) is 0 Å². The van der Waals surface area contributed by atoms with Gasteiger partial charge < -0.3 is 5.11 Å². The topological polar surface area (TPSA) is 74.6 Å². The third-order valence-corrected chi connectivity index (χ3v) is 0. The quantitative estimate of drug-likeness (QED) is 0.516. The van der Waals surface area contributed by atoms with Gasteiger partial charge in [-0.25, -0.2) is 0 Å². The van der Waals surface area contributed by atoms with Crippen molar-refractivity contribution in [2.75, 3.05) is 6.26 Å². The Morgan fingerprint density at radius 2 is 1.40 bits per heavy atom. The van der Waals surface area contributed by atoms with Gasteiger partial charge in [0.25, 0.3) is 10.1 Å². The Balaban J connectivity index is 0. The molecule has 0 atom stereocenters. The molecule has 0 radical (unpaired) electrons. The lowest BCUT2D eigenvalue weighted by Gasteiger charge is -1.93. The van der Waals surface area contributed by atoms with Crippen molar-refractivity contribution < 1.29 is 26.9 Å². The summed E-state index contributed by atoms with van der Waals surface area (Å²) in [6.07, 6.45) is -2.78. The molecule has 0 saturated carbocycles. The van der Waals surface area contributed by atoms with Crippen molar-refractivity contribution in [1.82, 2.24) is 0 Å². The van der Waals surface area contributed by atoms with Crippen molar-refractivity contribution in [1.29, 1.82) is 0 Å². The van der Waals surface area contributed by atoms with Gasteiger partial charge in [-0.15, -0.1) is 0 Å². The van der Waals surface area contributed by atoms with Crippen molar-refractivity contribution in [2.24, 2.45) is 0 Å². The molecule has 0 unspecified atom stereocenters. The van der Waals surface area contributed by atoms with Gasteiger partial charge >= 0.3 is 6.11 Å². The Morgan fingerprint density at radius 1 is 1.40 bits per heavy atom. The molecule has 0 aromatic rings. The zero-order valence-corrected chi connectivity index (χ0v) is 6.19. The standard InChI is InChI=1S/C2H4F2O.CH4O3S/c1-2(3,4)5;1-5(2,3)4/h5H,1H3;1H3,(H,2,3,4). The van der Waals surface area contributed by atoms with E-state index in [0.29, 0.717) is 13.2 Å². The maximum absolute atomic E-state index is 10.6. The normalized spacial score (nSPS) is 11.8. The van der Waals surface area contributed by atoms with Gasteiger partial charge in [-0.3, -0.25) is 4.55 Å². The van der Waals surface area contributed by atoms with Crippen LogP contribution in [0.5, 0.6) is 0 Å². The monoisotopic (exact) mass is 178 g/mol. The van der Waals surface area contributed by atoms with Gasteiger partial charge in [-0.1, -0.05) is 0 Å². The Kier molecular flexibility index (Phi) is 4.70. The van der Waals surface area contributed by atoms with Crippen LogP contribution in [0.25, 0.3) is 0 Å². The molecule has 0 aliphatic rings. The predicted octanol–water partition coefficient (Wildman–Crippen LogP) is 0.0954. The van der Waals surface area contributed by atoms with Crippen LogP contribution in [0.1, 0.15) is 6.92 Å². The molecule has 0 saturated heterocycles. The summed E-state index contributed by atoms with van der Waals surface area (Å²) >= 11 is 0. The molecular formula is C3H8F2O4S. The van der Waals surface area contributed by atoms with E-state index in [2.05, 4.69) is 0 Å². The van der Waals surface area contributed by atoms with Crippen LogP contribution in [0.4, 0.5) is 8.78 Å². The van der Waals surface area contributed by atoms with E-state index < -0.39 is 16.2 Å². The van der Waals surface area contributed by atoms with E-state index in [1.807, 2.05) is 0 Å². The maximum Gasteiger partial charge on any atom is 0.350 e. The van der Waals surface area contributed by atoms with E-state index in [4.69, 9.17) is 9.66 Å². The highest BCUT2D eigenvalue weighted by atomic mass is 32.2. The van der Waals surface area contributed by atoms with Crippen LogP contribution in [0.3, 0.4) is 0 Å². The number of hydrogen-bond donors (Lipinski definition) is 2. The van der Waals surface area contributed by atoms with Crippen LogP contribution in [-0.2, 0) is 10.1 Å². The molecule has 0 aromatic carbocycles. The fraction of sp³-hybridized carbons (Fsp3) is 1.00. The molecule has 0 aliphatic heterocycles. The summed E-state index contributed by atoms with van der Waals surface area (Å²) in [6.45, 7) is 0.410. The van der Waals surface area contributed by atoms with Crippen molar-refractivity contribution in [3.05, 3.63) is 0 Å². The second kappa shape index (κ2) is 3.79. The summed E-state index contributed by atoms with van der Waals surface area (Å²) < 4.78 is 47.0. The van der Waals surface area contributed by atoms with Gasteiger partial charge in [0.2, 0.25) is 0 Å². The molecule has 7 heteroatoms. The van der Waals surface area contributed by atoms with E-state index >= 15 is 0 Å².